The number of hydrogen-bond donors (Lipinski definition) is 7. The van der Waals surface area contributed by atoms with Crippen LogP contribution in [0.3, 0.4) is 0 Å². The van der Waals surface area contributed by atoms with Gasteiger partial charge in [0.15, 0.2) is 0 Å². The van der Waals surface area contributed by atoms with Crippen molar-refractivity contribution in [1.29, 1.82) is 0 Å². The molecule has 0 spiro atoms. The Morgan fingerprint density at radius 1 is 1.00 bits per heavy atom. The maximum absolute atomic E-state index is 9.48. The zero-order chi connectivity index (χ0) is 13.6. The minimum absolute atomic E-state index is 0.0552. The van der Waals surface area contributed by atoms with Crippen LogP contribution in [0.2, 0.25) is 0 Å². The maximum Gasteiger partial charge on any atom is 0.111 e. The average molecular weight is 253 g/mol. The third-order valence-corrected chi connectivity index (χ3v) is 2.24. The molecule has 17 heavy (non-hydrogen) atoms. The number of aliphatic hydroxyl groups is 6. The molecule has 104 valence electrons. The van der Waals surface area contributed by atoms with E-state index in [0.29, 0.717) is 0 Å². The highest BCUT2D eigenvalue weighted by atomic mass is 16.4. The molecule has 7 heteroatoms. The third-order valence-electron chi connectivity index (χ3n) is 2.24. The lowest BCUT2D eigenvalue weighted by Crippen LogP contribution is -2.50. The molecule has 0 amide bonds. The first-order valence-corrected chi connectivity index (χ1v) is 5.45. The Hall–Kier alpha value is -0.280. The highest BCUT2D eigenvalue weighted by molar-refractivity contribution is 4.82. The van der Waals surface area contributed by atoms with E-state index in [4.69, 9.17) is 10.2 Å². The minimum atomic E-state index is -1.63. The number of nitrogens with one attached hydrogen (secondary N) is 1. The van der Waals surface area contributed by atoms with Gasteiger partial charge >= 0.3 is 0 Å². The van der Waals surface area contributed by atoms with Crippen LogP contribution in [0.5, 0.6) is 0 Å². The fourth-order valence-corrected chi connectivity index (χ4v) is 1.21. The molecule has 7 N–H and O–H groups in total. The molecule has 0 fully saturated rings. The summed E-state index contributed by atoms with van der Waals surface area (Å²) in [5, 5.41) is 58.0. The van der Waals surface area contributed by atoms with E-state index in [2.05, 4.69) is 5.32 Å². The van der Waals surface area contributed by atoms with Gasteiger partial charge in [-0.05, 0) is 13.8 Å². The van der Waals surface area contributed by atoms with Crippen molar-refractivity contribution in [1.82, 2.24) is 5.32 Å². The van der Waals surface area contributed by atoms with Gasteiger partial charge in [-0.3, -0.25) is 0 Å². The Labute approximate surface area is 100 Å². The summed E-state index contributed by atoms with van der Waals surface area (Å²) in [6, 6.07) is 0. The lowest BCUT2D eigenvalue weighted by Gasteiger charge is -2.26. The highest BCUT2D eigenvalue weighted by Crippen LogP contribution is 2.05. The SMILES string of the molecule is CC(C)(O)CNC[C@H](O)[C@@H](O)[C@H](O)[C@H](O)CO. The van der Waals surface area contributed by atoms with Gasteiger partial charge in [0.1, 0.15) is 18.3 Å². The third kappa shape index (κ3) is 6.89. The summed E-state index contributed by atoms with van der Waals surface area (Å²) < 4.78 is 0. The van der Waals surface area contributed by atoms with Crippen molar-refractivity contribution in [2.45, 2.75) is 43.9 Å². The maximum atomic E-state index is 9.48. The molecule has 0 aromatic rings. The zero-order valence-corrected chi connectivity index (χ0v) is 10.1. The molecule has 0 aromatic heterocycles. The smallest absolute Gasteiger partial charge is 0.111 e. The molecule has 0 rings (SSSR count). The van der Waals surface area contributed by atoms with E-state index in [-0.39, 0.29) is 13.1 Å². The molecule has 0 aliphatic heterocycles. The van der Waals surface area contributed by atoms with Crippen molar-refractivity contribution >= 4 is 0 Å². The summed E-state index contributed by atoms with van der Waals surface area (Å²) >= 11 is 0. The number of rotatable bonds is 8. The van der Waals surface area contributed by atoms with Crippen LogP contribution >= 0.6 is 0 Å². The standard InChI is InChI=1S/C10H23NO6/c1-10(2,17)5-11-3-6(13)8(15)9(16)7(14)4-12/h6-9,11-17H,3-5H2,1-2H3/t6-,7+,8+,9+/m0/s1. The fourth-order valence-electron chi connectivity index (χ4n) is 1.21. The molecule has 0 saturated heterocycles. The van der Waals surface area contributed by atoms with Crippen molar-refractivity contribution in [3.63, 3.8) is 0 Å². The first kappa shape index (κ1) is 16.7. The van der Waals surface area contributed by atoms with Crippen LogP contribution in [0.4, 0.5) is 0 Å². The molecule has 0 radical (unpaired) electrons. The van der Waals surface area contributed by atoms with Crippen LogP contribution in [-0.4, -0.2) is 80.4 Å². The van der Waals surface area contributed by atoms with Gasteiger partial charge in [0.2, 0.25) is 0 Å². The van der Waals surface area contributed by atoms with Crippen molar-refractivity contribution in [2.24, 2.45) is 0 Å². The van der Waals surface area contributed by atoms with Gasteiger partial charge in [-0.1, -0.05) is 0 Å². The first-order chi connectivity index (χ1) is 7.69. The highest BCUT2D eigenvalue weighted by Gasteiger charge is 2.29. The van der Waals surface area contributed by atoms with E-state index in [1.165, 1.54) is 0 Å². The molecule has 0 aromatic carbocycles. The molecule has 0 bridgehead atoms. The number of aliphatic hydroxyl groups excluding tert-OH is 5. The fraction of sp³-hybridized carbons (Fsp3) is 1.00. The van der Waals surface area contributed by atoms with Gasteiger partial charge < -0.3 is 36.0 Å². The van der Waals surface area contributed by atoms with Crippen molar-refractivity contribution < 1.29 is 30.6 Å². The second kappa shape index (κ2) is 7.22. The molecular weight excluding hydrogens is 230 g/mol. The van der Waals surface area contributed by atoms with E-state index in [9.17, 15) is 20.4 Å². The van der Waals surface area contributed by atoms with Crippen LogP contribution < -0.4 is 5.32 Å². The summed E-state index contributed by atoms with van der Waals surface area (Å²) in [5.74, 6) is 0. The van der Waals surface area contributed by atoms with Gasteiger partial charge in [0, 0.05) is 13.1 Å². The van der Waals surface area contributed by atoms with E-state index >= 15 is 0 Å². The second-order valence-corrected chi connectivity index (χ2v) is 4.74. The molecule has 0 unspecified atom stereocenters. The van der Waals surface area contributed by atoms with Crippen LogP contribution in [0.15, 0.2) is 0 Å². The Kier molecular flexibility index (Phi) is 7.10. The molecule has 0 heterocycles. The number of hydrogen-bond acceptors (Lipinski definition) is 7. The van der Waals surface area contributed by atoms with Crippen LogP contribution in [-0.2, 0) is 0 Å². The predicted octanol–water partition coefficient (Wildman–Crippen LogP) is -3.22. The zero-order valence-electron chi connectivity index (χ0n) is 10.1. The summed E-state index contributed by atoms with van der Waals surface area (Å²) in [4.78, 5) is 0. The van der Waals surface area contributed by atoms with E-state index < -0.39 is 36.6 Å². The molecule has 7 nitrogen and oxygen atoms in total. The van der Waals surface area contributed by atoms with Crippen molar-refractivity contribution in [2.75, 3.05) is 19.7 Å². The van der Waals surface area contributed by atoms with Gasteiger partial charge in [-0.25, -0.2) is 0 Å². The van der Waals surface area contributed by atoms with Crippen LogP contribution in [0, 0.1) is 0 Å². The van der Waals surface area contributed by atoms with Crippen LogP contribution in [0.1, 0.15) is 13.8 Å². The largest absolute Gasteiger partial charge is 0.394 e. The molecular formula is C10H23NO6. The minimum Gasteiger partial charge on any atom is -0.394 e. The predicted molar refractivity (Wildman–Crippen MR) is 60.3 cm³/mol. The first-order valence-electron chi connectivity index (χ1n) is 5.45. The lowest BCUT2D eigenvalue weighted by molar-refractivity contribution is -0.114. The summed E-state index contributed by atoms with van der Waals surface area (Å²) in [6.45, 7) is 2.60. The van der Waals surface area contributed by atoms with Gasteiger partial charge in [0.05, 0.1) is 18.3 Å². The Morgan fingerprint density at radius 3 is 1.88 bits per heavy atom. The van der Waals surface area contributed by atoms with Gasteiger partial charge in [-0.15, -0.1) is 0 Å². The van der Waals surface area contributed by atoms with Crippen molar-refractivity contribution in [3.8, 4) is 0 Å². The Bertz CT molecular complexity index is 207. The molecule has 0 saturated carbocycles. The molecule has 4 atom stereocenters. The van der Waals surface area contributed by atoms with E-state index in [1.807, 2.05) is 0 Å². The summed E-state index contributed by atoms with van der Waals surface area (Å²) in [5.41, 5.74) is -0.950. The van der Waals surface area contributed by atoms with E-state index in [0.717, 1.165) is 0 Å². The summed E-state index contributed by atoms with van der Waals surface area (Å²) in [6.07, 6.45) is -6.02. The Morgan fingerprint density at radius 2 is 1.47 bits per heavy atom. The molecule has 0 aliphatic rings. The van der Waals surface area contributed by atoms with Gasteiger partial charge in [0.25, 0.3) is 0 Å². The monoisotopic (exact) mass is 253 g/mol. The average Bonchev–Trinajstić information content (AvgIpc) is 2.24. The Balaban J connectivity index is 4.01. The second-order valence-electron chi connectivity index (χ2n) is 4.74. The summed E-state index contributed by atoms with van der Waals surface area (Å²) in [7, 11) is 0. The topological polar surface area (TPSA) is 133 Å². The van der Waals surface area contributed by atoms with E-state index in [1.54, 1.807) is 13.8 Å². The molecule has 0 aliphatic carbocycles. The quantitative estimate of drug-likeness (QED) is 0.242. The lowest BCUT2D eigenvalue weighted by atomic mass is 10.0. The normalized spacial score (nSPS) is 19.8. The van der Waals surface area contributed by atoms with Crippen molar-refractivity contribution in [3.05, 3.63) is 0 Å². The van der Waals surface area contributed by atoms with Gasteiger partial charge in [-0.2, -0.15) is 0 Å². The van der Waals surface area contributed by atoms with Crippen LogP contribution in [0.25, 0.3) is 0 Å².